The van der Waals surface area contributed by atoms with E-state index < -0.39 is 0 Å². The van der Waals surface area contributed by atoms with E-state index in [1.807, 2.05) is 52.3 Å². The number of fused-ring (bicyclic) bond motifs is 1. The molecule has 1 aliphatic rings. The Bertz CT molecular complexity index is 1350. The maximum Gasteiger partial charge on any atom is 0.227 e. The van der Waals surface area contributed by atoms with Crippen LogP contribution < -0.4 is 9.47 Å². The monoisotopic (exact) mass is 456 g/mol. The topological polar surface area (TPSA) is 61.5 Å². The number of rotatable bonds is 6. The average molecular weight is 457 g/mol. The maximum atomic E-state index is 13.2. The number of ether oxygens (including phenoxy) is 2. The summed E-state index contributed by atoms with van der Waals surface area (Å²) in [7, 11) is 3.20. The van der Waals surface area contributed by atoms with Crippen LogP contribution in [0, 0.1) is 13.8 Å². The van der Waals surface area contributed by atoms with Crippen LogP contribution >= 0.6 is 0 Å². The average Bonchev–Trinajstić information content (AvgIpc) is 3.55. The van der Waals surface area contributed by atoms with Gasteiger partial charge in [-0.1, -0.05) is 23.8 Å². The summed E-state index contributed by atoms with van der Waals surface area (Å²) in [6, 6.07) is 16.0. The Morgan fingerprint density at radius 3 is 2.44 bits per heavy atom. The van der Waals surface area contributed by atoms with E-state index in [1.165, 1.54) is 5.56 Å². The predicted molar refractivity (Wildman–Crippen MR) is 130 cm³/mol. The van der Waals surface area contributed by atoms with Gasteiger partial charge in [0.25, 0.3) is 0 Å². The number of carbonyl (C=O) groups is 1. The first-order chi connectivity index (χ1) is 16.5. The Balaban J connectivity index is 1.44. The molecule has 0 unspecified atom stereocenters. The van der Waals surface area contributed by atoms with Gasteiger partial charge in [-0.3, -0.25) is 4.79 Å². The number of benzene rings is 2. The molecule has 1 aliphatic heterocycles. The van der Waals surface area contributed by atoms with Crippen LogP contribution in [-0.4, -0.2) is 39.4 Å². The normalized spacial score (nSPS) is 12.6. The van der Waals surface area contributed by atoms with Crippen LogP contribution in [0.5, 0.6) is 11.5 Å². The van der Waals surface area contributed by atoms with Crippen LogP contribution in [0.2, 0.25) is 0 Å². The zero-order valence-electron chi connectivity index (χ0n) is 19.9. The summed E-state index contributed by atoms with van der Waals surface area (Å²) in [4.78, 5) is 15.1. The number of aryl methyl sites for hydroxylation is 2. The van der Waals surface area contributed by atoms with E-state index in [0.717, 1.165) is 33.9 Å². The molecule has 0 aliphatic carbocycles. The number of hydrogen-bond acceptors (Lipinski definition) is 4. The number of nitrogens with zero attached hydrogens (tertiary/aromatic N) is 4. The summed E-state index contributed by atoms with van der Waals surface area (Å²) < 4.78 is 14.8. The van der Waals surface area contributed by atoms with Crippen LogP contribution in [0.4, 0.5) is 0 Å². The lowest BCUT2D eigenvalue weighted by atomic mass is 10.1. The molecule has 0 N–H and O–H groups in total. The summed E-state index contributed by atoms with van der Waals surface area (Å²) >= 11 is 0. The molecular weight excluding hydrogens is 428 g/mol. The van der Waals surface area contributed by atoms with Gasteiger partial charge < -0.3 is 18.9 Å². The fourth-order valence-corrected chi connectivity index (χ4v) is 4.61. The lowest BCUT2D eigenvalue weighted by Gasteiger charge is -2.18. The van der Waals surface area contributed by atoms with Crippen molar-refractivity contribution < 1.29 is 14.3 Å². The molecule has 34 heavy (non-hydrogen) atoms. The van der Waals surface area contributed by atoms with Crippen LogP contribution in [0.15, 0.2) is 60.9 Å². The van der Waals surface area contributed by atoms with Gasteiger partial charge >= 0.3 is 0 Å². The molecule has 0 spiro atoms. The van der Waals surface area contributed by atoms with Gasteiger partial charge in [-0.15, -0.1) is 0 Å². The van der Waals surface area contributed by atoms with Gasteiger partial charge in [-0.25, -0.2) is 4.68 Å². The van der Waals surface area contributed by atoms with Crippen LogP contribution in [0.25, 0.3) is 11.5 Å². The summed E-state index contributed by atoms with van der Waals surface area (Å²) in [5, 5.41) is 4.96. The van der Waals surface area contributed by atoms with E-state index in [-0.39, 0.29) is 5.91 Å². The molecule has 7 heteroatoms. The third kappa shape index (κ3) is 3.83. The van der Waals surface area contributed by atoms with Crippen molar-refractivity contribution >= 4 is 5.91 Å². The molecule has 1 amide bonds. The second-order valence-electron chi connectivity index (χ2n) is 8.66. The minimum absolute atomic E-state index is 0.0572. The Kier molecular flexibility index (Phi) is 5.61. The fourth-order valence-electron chi connectivity index (χ4n) is 4.61. The molecule has 3 heterocycles. The van der Waals surface area contributed by atoms with Crippen LogP contribution in [0.1, 0.15) is 27.9 Å². The van der Waals surface area contributed by atoms with Crippen molar-refractivity contribution in [1.29, 1.82) is 0 Å². The van der Waals surface area contributed by atoms with Crippen molar-refractivity contribution in [1.82, 2.24) is 19.2 Å². The Morgan fingerprint density at radius 1 is 0.971 bits per heavy atom. The SMILES string of the molecule is COc1ccc(CC(=O)N2Cc3nn(-c4ccc(C)cc4C)c(-n4cccc4)c3C2)cc1OC. The summed E-state index contributed by atoms with van der Waals surface area (Å²) in [5.74, 6) is 2.31. The smallest absolute Gasteiger partial charge is 0.227 e. The first-order valence-electron chi connectivity index (χ1n) is 11.3. The lowest BCUT2D eigenvalue weighted by molar-refractivity contribution is -0.131. The van der Waals surface area contributed by atoms with Gasteiger partial charge in [0.1, 0.15) is 5.82 Å². The Morgan fingerprint density at radius 2 is 1.74 bits per heavy atom. The molecule has 2 aromatic carbocycles. The highest BCUT2D eigenvalue weighted by atomic mass is 16.5. The standard InChI is InChI=1S/C27H28N4O3/c1-18-7-9-23(19(2)13-18)31-27(29-11-5-6-12-29)21-16-30(17-22(21)28-31)26(32)15-20-8-10-24(33-3)25(14-20)34-4/h5-14H,15-17H2,1-4H3. The van der Waals surface area contributed by atoms with Gasteiger partial charge in [0.15, 0.2) is 11.5 Å². The van der Waals surface area contributed by atoms with Crippen molar-refractivity contribution in [2.24, 2.45) is 0 Å². The fraction of sp³-hybridized carbons (Fsp3) is 0.259. The molecule has 0 atom stereocenters. The minimum Gasteiger partial charge on any atom is -0.493 e. The zero-order chi connectivity index (χ0) is 23.8. The first-order valence-corrected chi connectivity index (χ1v) is 11.3. The third-order valence-corrected chi connectivity index (χ3v) is 6.31. The Hall–Kier alpha value is -4.00. The van der Waals surface area contributed by atoms with E-state index in [4.69, 9.17) is 14.6 Å². The highest BCUT2D eigenvalue weighted by Crippen LogP contribution is 2.32. The third-order valence-electron chi connectivity index (χ3n) is 6.31. The molecule has 5 rings (SSSR count). The molecule has 174 valence electrons. The van der Waals surface area contributed by atoms with Gasteiger partial charge in [0.2, 0.25) is 5.91 Å². The van der Waals surface area contributed by atoms with Crippen molar-refractivity contribution in [3.05, 3.63) is 88.9 Å². The lowest BCUT2D eigenvalue weighted by Crippen LogP contribution is -2.28. The van der Waals surface area contributed by atoms with Gasteiger partial charge in [0, 0.05) is 18.0 Å². The highest BCUT2D eigenvalue weighted by Gasteiger charge is 2.31. The molecule has 0 fully saturated rings. The molecule has 4 aromatic rings. The molecular formula is C27H28N4O3. The quantitative estimate of drug-likeness (QED) is 0.432. The van der Waals surface area contributed by atoms with Gasteiger partial charge in [-0.2, -0.15) is 5.10 Å². The summed E-state index contributed by atoms with van der Waals surface area (Å²) in [6.45, 7) is 5.22. The number of aromatic nitrogens is 3. The molecule has 0 saturated heterocycles. The number of hydrogen-bond donors (Lipinski definition) is 0. The van der Waals surface area contributed by atoms with Crippen LogP contribution in [0.3, 0.4) is 0 Å². The second kappa shape index (κ2) is 8.74. The Labute approximate surface area is 199 Å². The van der Waals surface area contributed by atoms with Crippen molar-refractivity contribution in [2.45, 2.75) is 33.4 Å². The summed E-state index contributed by atoms with van der Waals surface area (Å²) in [6.07, 6.45) is 4.33. The maximum absolute atomic E-state index is 13.2. The number of carbonyl (C=O) groups excluding carboxylic acids is 1. The predicted octanol–water partition coefficient (Wildman–Crippen LogP) is 4.38. The summed E-state index contributed by atoms with van der Waals surface area (Å²) in [5.41, 5.74) is 6.33. The zero-order valence-corrected chi connectivity index (χ0v) is 19.9. The van der Waals surface area contributed by atoms with Crippen LogP contribution in [-0.2, 0) is 24.3 Å². The number of methoxy groups -OCH3 is 2. The van der Waals surface area contributed by atoms with Crippen molar-refractivity contribution in [3.8, 4) is 23.0 Å². The van der Waals surface area contributed by atoms with Crippen molar-refractivity contribution in [2.75, 3.05) is 14.2 Å². The number of amides is 1. The molecule has 7 nitrogen and oxygen atoms in total. The van der Waals surface area contributed by atoms with E-state index in [2.05, 4.69) is 36.6 Å². The van der Waals surface area contributed by atoms with E-state index in [0.29, 0.717) is 31.0 Å². The van der Waals surface area contributed by atoms with E-state index >= 15 is 0 Å². The second-order valence-corrected chi connectivity index (χ2v) is 8.66. The first kappa shape index (κ1) is 21.8. The van der Waals surface area contributed by atoms with E-state index in [1.54, 1.807) is 14.2 Å². The van der Waals surface area contributed by atoms with Gasteiger partial charge in [-0.05, 0) is 55.3 Å². The minimum atomic E-state index is 0.0572. The molecule has 0 radical (unpaired) electrons. The van der Waals surface area contributed by atoms with Gasteiger partial charge in [0.05, 0.1) is 45.1 Å². The van der Waals surface area contributed by atoms with E-state index in [9.17, 15) is 4.79 Å². The largest absolute Gasteiger partial charge is 0.493 e. The molecule has 0 bridgehead atoms. The van der Waals surface area contributed by atoms with Crippen molar-refractivity contribution in [3.63, 3.8) is 0 Å². The highest BCUT2D eigenvalue weighted by molar-refractivity contribution is 5.80. The molecule has 2 aromatic heterocycles. The molecule has 0 saturated carbocycles.